The molecule has 3 rings (SSSR count). The van der Waals surface area contributed by atoms with Crippen molar-refractivity contribution in [2.75, 3.05) is 39.1 Å². The van der Waals surface area contributed by atoms with E-state index in [0.29, 0.717) is 17.7 Å². The lowest BCUT2D eigenvalue weighted by molar-refractivity contribution is -0.152. The predicted octanol–water partition coefficient (Wildman–Crippen LogP) is 5.30. The number of hydrogen-bond donors (Lipinski definition) is 0. The molecule has 2 aliphatic rings. The summed E-state index contributed by atoms with van der Waals surface area (Å²) in [7, 11) is 3.00. The Balaban J connectivity index is 2.18. The molecule has 43 heavy (non-hydrogen) atoms. The fraction of sp³-hybridized carbons (Fsp3) is 0.594. The van der Waals surface area contributed by atoms with E-state index in [9.17, 15) is 14.4 Å². The Morgan fingerprint density at radius 1 is 1.07 bits per heavy atom. The van der Waals surface area contributed by atoms with E-state index in [-0.39, 0.29) is 43.0 Å². The van der Waals surface area contributed by atoms with Gasteiger partial charge in [0.2, 0.25) is 0 Å². The Hall–Kier alpha value is -3.25. The monoisotopic (exact) mass is 603 g/mol. The van der Waals surface area contributed by atoms with E-state index in [4.69, 9.17) is 33.2 Å². The smallest absolute Gasteiger partial charge is 0.414 e. The van der Waals surface area contributed by atoms with Gasteiger partial charge < -0.3 is 33.2 Å². The van der Waals surface area contributed by atoms with Crippen molar-refractivity contribution in [1.29, 1.82) is 0 Å². The minimum Gasteiger partial charge on any atom is -0.467 e. The molecule has 0 spiro atoms. The molecule has 1 amide bonds. The van der Waals surface area contributed by atoms with Gasteiger partial charge in [-0.3, -0.25) is 9.69 Å². The van der Waals surface area contributed by atoms with Crippen LogP contribution in [0.25, 0.3) is 6.08 Å². The van der Waals surface area contributed by atoms with Gasteiger partial charge in [0.05, 0.1) is 24.9 Å². The highest BCUT2D eigenvalue weighted by molar-refractivity contribution is 5.99. The number of rotatable bonds is 7. The van der Waals surface area contributed by atoms with Crippen LogP contribution in [0.15, 0.2) is 30.4 Å². The second kappa shape index (κ2) is 14.5. The molecule has 0 N–H and O–H groups in total. The molecule has 238 valence electrons. The molecular weight excluding hydrogens is 558 g/mol. The van der Waals surface area contributed by atoms with E-state index < -0.39 is 41.8 Å². The summed E-state index contributed by atoms with van der Waals surface area (Å²) in [6.45, 7) is 12.7. The highest BCUT2D eigenvalue weighted by Gasteiger charge is 2.43. The molecule has 0 aromatic heterocycles. The third kappa shape index (κ3) is 9.37. The van der Waals surface area contributed by atoms with Crippen molar-refractivity contribution in [3.8, 4) is 5.75 Å². The van der Waals surface area contributed by atoms with E-state index in [2.05, 4.69) is 0 Å². The zero-order valence-corrected chi connectivity index (χ0v) is 26.6. The summed E-state index contributed by atoms with van der Waals surface area (Å²) >= 11 is 0. The molecule has 0 radical (unpaired) electrons. The Kier molecular flexibility index (Phi) is 11.5. The van der Waals surface area contributed by atoms with Crippen molar-refractivity contribution in [2.45, 2.75) is 84.6 Å². The van der Waals surface area contributed by atoms with Crippen molar-refractivity contribution in [3.05, 3.63) is 41.5 Å². The standard InChI is InChI=1S/C32H45NO10/c1-20-13-14-24(34)28-25(41-32(6,7)42-28)12-10-11-22-17-23(33(15-16-37-8)30(36)43-31(3,4)5)18-26(39-19-38-9)27(22)29(35)40-21(20)2/h10-11,13-14,17-18,20-21,25,28H,12,15-16,19H2,1-9H3/t20-,21+,25+,28-/m1/s1. The van der Waals surface area contributed by atoms with E-state index in [1.807, 2.05) is 6.92 Å². The molecule has 4 atom stereocenters. The SMILES string of the molecule is COCCN(C(=O)OC(C)(C)C)c1cc2c(c(OCOC)c1)C(=O)O[C@@H](C)[C@H](C)C=CC(=O)[C@H]1OC(C)(C)O[C@H]1CC=C2. The van der Waals surface area contributed by atoms with E-state index in [0.717, 1.165) is 0 Å². The normalized spacial score (nSPS) is 24.0. The zero-order chi connectivity index (χ0) is 31.9. The number of methoxy groups -OCH3 is 2. The zero-order valence-electron chi connectivity index (χ0n) is 26.6. The second-order valence-electron chi connectivity index (χ2n) is 12.0. The van der Waals surface area contributed by atoms with Crippen LogP contribution in [0.4, 0.5) is 10.5 Å². The summed E-state index contributed by atoms with van der Waals surface area (Å²) in [6, 6.07) is 3.26. The van der Waals surface area contributed by atoms with Crippen LogP contribution in [0.3, 0.4) is 0 Å². The van der Waals surface area contributed by atoms with Crippen LogP contribution in [0.5, 0.6) is 5.75 Å². The van der Waals surface area contributed by atoms with Gasteiger partial charge in [0.1, 0.15) is 29.1 Å². The first-order chi connectivity index (χ1) is 20.2. The highest BCUT2D eigenvalue weighted by atomic mass is 16.8. The van der Waals surface area contributed by atoms with Crippen LogP contribution >= 0.6 is 0 Å². The van der Waals surface area contributed by atoms with Crippen LogP contribution in [-0.4, -0.2) is 81.7 Å². The van der Waals surface area contributed by atoms with Crippen LogP contribution in [-0.2, 0) is 33.2 Å². The molecule has 0 unspecified atom stereocenters. The molecule has 2 heterocycles. The van der Waals surface area contributed by atoms with Gasteiger partial charge in [-0.05, 0) is 65.7 Å². The fourth-order valence-corrected chi connectivity index (χ4v) is 4.60. The summed E-state index contributed by atoms with van der Waals surface area (Å²) in [5.74, 6) is -1.93. The fourth-order valence-electron chi connectivity index (χ4n) is 4.60. The molecule has 2 aliphatic heterocycles. The van der Waals surface area contributed by atoms with Gasteiger partial charge in [0, 0.05) is 26.2 Å². The number of ether oxygens (including phenoxy) is 7. The Morgan fingerprint density at radius 2 is 1.79 bits per heavy atom. The maximum Gasteiger partial charge on any atom is 0.414 e. The van der Waals surface area contributed by atoms with E-state index in [1.165, 1.54) is 25.2 Å². The first kappa shape index (κ1) is 34.2. The van der Waals surface area contributed by atoms with Gasteiger partial charge in [-0.1, -0.05) is 25.2 Å². The summed E-state index contributed by atoms with van der Waals surface area (Å²) in [6.07, 6.45) is 4.46. The van der Waals surface area contributed by atoms with Gasteiger partial charge in [-0.2, -0.15) is 0 Å². The number of nitrogens with zero attached hydrogens (tertiary/aromatic N) is 1. The molecule has 0 saturated carbocycles. The minimum atomic E-state index is -0.944. The Morgan fingerprint density at radius 3 is 2.44 bits per heavy atom. The van der Waals surface area contributed by atoms with Crippen molar-refractivity contribution >= 4 is 29.6 Å². The van der Waals surface area contributed by atoms with Crippen molar-refractivity contribution in [2.24, 2.45) is 5.92 Å². The van der Waals surface area contributed by atoms with Crippen molar-refractivity contribution in [3.63, 3.8) is 0 Å². The van der Waals surface area contributed by atoms with Crippen LogP contribution in [0.2, 0.25) is 0 Å². The van der Waals surface area contributed by atoms with Gasteiger partial charge in [0.25, 0.3) is 0 Å². The van der Waals surface area contributed by atoms with Crippen molar-refractivity contribution in [1.82, 2.24) is 0 Å². The maximum atomic E-state index is 13.7. The average molecular weight is 604 g/mol. The molecule has 1 saturated heterocycles. The van der Waals surface area contributed by atoms with Crippen molar-refractivity contribution < 1.29 is 47.5 Å². The maximum absolute atomic E-state index is 13.7. The number of carbonyl (C=O) groups is 3. The van der Waals surface area contributed by atoms with Gasteiger partial charge in [-0.25, -0.2) is 9.59 Å². The number of benzene rings is 1. The predicted molar refractivity (Wildman–Crippen MR) is 160 cm³/mol. The first-order valence-corrected chi connectivity index (χ1v) is 14.4. The second-order valence-corrected chi connectivity index (χ2v) is 12.0. The quantitative estimate of drug-likeness (QED) is 0.300. The lowest BCUT2D eigenvalue weighted by atomic mass is 9.99. The molecule has 1 aromatic carbocycles. The van der Waals surface area contributed by atoms with Crippen LogP contribution in [0.1, 0.15) is 70.8 Å². The Labute approximate surface area is 254 Å². The number of ketones is 1. The van der Waals surface area contributed by atoms with Crippen LogP contribution in [0, 0.1) is 5.92 Å². The number of fused-ring (bicyclic) bond motifs is 2. The van der Waals surface area contributed by atoms with Gasteiger partial charge >= 0.3 is 12.1 Å². The van der Waals surface area contributed by atoms with Gasteiger partial charge in [0.15, 0.2) is 18.4 Å². The summed E-state index contributed by atoms with van der Waals surface area (Å²) in [5.41, 5.74) is 0.244. The van der Waals surface area contributed by atoms with E-state index >= 15 is 0 Å². The number of cyclic esters (lactones) is 1. The molecule has 1 fully saturated rings. The number of amides is 1. The third-order valence-corrected chi connectivity index (χ3v) is 6.83. The topological polar surface area (TPSA) is 119 Å². The highest BCUT2D eigenvalue weighted by Crippen LogP contribution is 2.35. The number of hydrogen-bond acceptors (Lipinski definition) is 10. The number of esters is 1. The molecule has 11 heteroatoms. The lowest BCUT2D eigenvalue weighted by Crippen LogP contribution is -2.39. The summed E-state index contributed by atoms with van der Waals surface area (Å²) < 4.78 is 39.8. The van der Waals surface area contributed by atoms with E-state index in [1.54, 1.807) is 71.9 Å². The molecular formula is C32H45NO10. The third-order valence-electron chi connectivity index (χ3n) is 6.83. The number of carbonyl (C=O) groups excluding carboxylic acids is 3. The van der Waals surface area contributed by atoms with Gasteiger partial charge in [-0.15, -0.1) is 0 Å². The van der Waals surface area contributed by atoms with Crippen LogP contribution < -0.4 is 9.64 Å². The number of anilines is 1. The molecule has 11 nitrogen and oxygen atoms in total. The molecule has 0 aliphatic carbocycles. The molecule has 1 aromatic rings. The summed E-state index contributed by atoms with van der Waals surface area (Å²) in [5, 5.41) is 0. The largest absolute Gasteiger partial charge is 0.467 e. The first-order valence-electron chi connectivity index (χ1n) is 14.4. The average Bonchev–Trinajstić information content (AvgIpc) is 3.22. The summed E-state index contributed by atoms with van der Waals surface area (Å²) in [4.78, 5) is 41.5. The minimum absolute atomic E-state index is 0.155. The lowest BCUT2D eigenvalue weighted by Gasteiger charge is -2.28. The molecule has 0 bridgehead atoms. The Bertz CT molecular complexity index is 1220.